The normalized spacial score (nSPS) is 21.2. The van der Waals surface area contributed by atoms with Crippen LogP contribution in [0.1, 0.15) is 12.5 Å². The van der Waals surface area contributed by atoms with Gasteiger partial charge in [-0.3, -0.25) is 9.59 Å². The summed E-state index contributed by atoms with van der Waals surface area (Å²) in [6, 6.07) is 9.62. The van der Waals surface area contributed by atoms with Gasteiger partial charge in [-0.15, -0.1) is 0 Å². The molecule has 1 fully saturated rings. The molecule has 4 heteroatoms. The molecule has 2 N–H and O–H groups in total. The van der Waals surface area contributed by atoms with E-state index in [4.69, 9.17) is 0 Å². The molecule has 0 spiro atoms. The van der Waals surface area contributed by atoms with Gasteiger partial charge in [-0.05, 0) is 18.6 Å². The molecular formula is C15H16N2O2. The molecule has 1 aromatic rings. The van der Waals surface area contributed by atoms with Crippen LogP contribution in [0.2, 0.25) is 0 Å². The third-order valence-electron chi connectivity index (χ3n) is 2.75. The minimum atomic E-state index is -0.236. The fourth-order valence-corrected chi connectivity index (χ4v) is 1.75. The molecule has 0 aromatic heterocycles. The molecule has 19 heavy (non-hydrogen) atoms. The summed E-state index contributed by atoms with van der Waals surface area (Å²) in [7, 11) is 0. The average molecular weight is 256 g/mol. The number of allylic oxidation sites excluding steroid dienone is 2. The summed E-state index contributed by atoms with van der Waals surface area (Å²) in [4.78, 5) is 23.3. The molecule has 1 unspecified atom stereocenters. The molecule has 1 heterocycles. The number of benzene rings is 1. The Morgan fingerprint density at radius 2 is 2.05 bits per heavy atom. The first-order chi connectivity index (χ1) is 9.15. The van der Waals surface area contributed by atoms with E-state index in [1.165, 1.54) is 12.2 Å². The van der Waals surface area contributed by atoms with Crippen molar-refractivity contribution in [2.24, 2.45) is 0 Å². The van der Waals surface area contributed by atoms with Crippen molar-refractivity contribution in [3.05, 3.63) is 53.7 Å². The Kier molecular flexibility index (Phi) is 4.13. The van der Waals surface area contributed by atoms with Gasteiger partial charge in [0.1, 0.15) is 5.70 Å². The van der Waals surface area contributed by atoms with E-state index < -0.39 is 0 Å². The van der Waals surface area contributed by atoms with Crippen molar-refractivity contribution in [2.75, 3.05) is 6.54 Å². The summed E-state index contributed by atoms with van der Waals surface area (Å²) in [6.45, 7) is 2.53. The number of hydrogen-bond acceptors (Lipinski definition) is 3. The van der Waals surface area contributed by atoms with Gasteiger partial charge in [0.15, 0.2) is 5.78 Å². The Morgan fingerprint density at radius 3 is 2.74 bits per heavy atom. The molecule has 1 amide bonds. The van der Waals surface area contributed by atoms with E-state index in [1.54, 1.807) is 6.08 Å². The van der Waals surface area contributed by atoms with Gasteiger partial charge in [-0.1, -0.05) is 36.4 Å². The summed E-state index contributed by atoms with van der Waals surface area (Å²) in [5.41, 5.74) is 1.27. The van der Waals surface area contributed by atoms with Crippen LogP contribution in [0.4, 0.5) is 0 Å². The summed E-state index contributed by atoms with van der Waals surface area (Å²) >= 11 is 0. The van der Waals surface area contributed by atoms with Gasteiger partial charge < -0.3 is 10.6 Å². The van der Waals surface area contributed by atoms with Crippen LogP contribution in [0.15, 0.2) is 48.2 Å². The lowest BCUT2D eigenvalue weighted by atomic mass is 10.1. The molecule has 0 aliphatic carbocycles. The van der Waals surface area contributed by atoms with Crippen molar-refractivity contribution in [3.8, 4) is 0 Å². The number of ketones is 1. The number of piperazine rings is 1. The maximum absolute atomic E-state index is 11.7. The highest BCUT2D eigenvalue weighted by Crippen LogP contribution is 2.03. The monoisotopic (exact) mass is 256 g/mol. The van der Waals surface area contributed by atoms with Crippen LogP contribution in [-0.4, -0.2) is 24.3 Å². The number of carbonyl (C=O) groups is 2. The Bertz CT molecular complexity index is 532. The maximum Gasteiger partial charge on any atom is 0.267 e. The Balaban J connectivity index is 2.01. The molecule has 2 rings (SSSR count). The molecule has 0 bridgehead atoms. The molecule has 1 saturated heterocycles. The van der Waals surface area contributed by atoms with Gasteiger partial charge in [0, 0.05) is 18.7 Å². The molecule has 98 valence electrons. The summed E-state index contributed by atoms with van der Waals surface area (Å²) in [6.07, 6.45) is 4.50. The van der Waals surface area contributed by atoms with Gasteiger partial charge in [0.05, 0.1) is 0 Å². The largest absolute Gasteiger partial charge is 0.378 e. The minimum absolute atomic E-state index is 0.0830. The first kappa shape index (κ1) is 13.1. The summed E-state index contributed by atoms with van der Waals surface area (Å²) in [5, 5.41) is 5.70. The highest BCUT2D eigenvalue weighted by atomic mass is 16.2. The zero-order valence-electron chi connectivity index (χ0n) is 10.7. The fourth-order valence-electron chi connectivity index (χ4n) is 1.75. The smallest absolute Gasteiger partial charge is 0.267 e. The third kappa shape index (κ3) is 3.81. The summed E-state index contributed by atoms with van der Waals surface area (Å²) in [5.74, 6) is -0.448. The fraction of sp³-hybridized carbons (Fsp3) is 0.200. The number of hydrogen-bond donors (Lipinski definition) is 2. The van der Waals surface area contributed by atoms with E-state index >= 15 is 0 Å². The van der Waals surface area contributed by atoms with Crippen LogP contribution in [0, 0.1) is 0 Å². The van der Waals surface area contributed by atoms with Crippen molar-refractivity contribution in [1.29, 1.82) is 0 Å². The lowest BCUT2D eigenvalue weighted by Crippen LogP contribution is -2.49. The van der Waals surface area contributed by atoms with Gasteiger partial charge in [-0.25, -0.2) is 0 Å². The van der Waals surface area contributed by atoms with E-state index in [-0.39, 0.29) is 17.7 Å². The minimum Gasteiger partial charge on any atom is -0.378 e. The second-order valence-corrected chi connectivity index (χ2v) is 4.46. The molecule has 1 aliphatic heterocycles. The number of carbonyl (C=O) groups excluding carboxylic acids is 2. The van der Waals surface area contributed by atoms with Crippen molar-refractivity contribution in [1.82, 2.24) is 10.6 Å². The lowest BCUT2D eigenvalue weighted by Gasteiger charge is -2.23. The van der Waals surface area contributed by atoms with Gasteiger partial charge >= 0.3 is 0 Å². The van der Waals surface area contributed by atoms with Crippen LogP contribution >= 0.6 is 0 Å². The SMILES string of the molecule is CC1CN/C(=C\C(=O)/C=C/c2ccccc2)C(=O)N1. The maximum atomic E-state index is 11.7. The van der Waals surface area contributed by atoms with E-state index in [1.807, 2.05) is 37.3 Å². The van der Waals surface area contributed by atoms with E-state index in [0.717, 1.165) is 5.56 Å². The van der Waals surface area contributed by atoms with E-state index in [0.29, 0.717) is 12.2 Å². The number of nitrogens with one attached hydrogen (secondary N) is 2. The van der Waals surface area contributed by atoms with Crippen LogP contribution in [-0.2, 0) is 9.59 Å². The summed E-state index contributed by atoms with van der Waals surface area (Å²) < 4.78 is 0. The van der Waals surface area contributed by atoms with Crippen LogP contribution < -0.4 is 10.6 Å². The first-order valence-electron chi connectivity index (χ1n) is 6.18. The van der Waals surface area contributed by atoms with E-state index in [2.05, 4.69) is 10.6 Å². The van der Waals surface area contributed by atoms with E-state index in [9.17, 15) is 9.59 Å². The Morgan fingerprint density at radius 1 is 1.32 bits per heavy atom. The highest BCUT2D eigenvalue weighted by Gasteiger charge is 2.18. The zero-order chi connectivity index (χ0) is 13.7. The second-order valence-electron chi connectivity index (χ2n) is 4.46. The predicted octanol–water partition coefficient (Wildman–Crippen LogP) is 1.26. The van der Waals surface area contributed by atoms with Crippen molar-refractivity contribution >= 4 is 17.8 Å². The molecule has 4 nitrogen and oxygen atoms in total. The highest BCUT2D eigenvalue weighted by molar-refractivity contribution is 6.07. The van der Waals surface area contributed by atoms with Crippen molar-refractivity contribution in [2.45, 2.75) is 13.0 Å². The number of rotatable bonds is 3. The quantitative estimate of drug-likeness (QED) is 0.800. The zero-order valence-corrected chi connectivity index (χ0v) is 10.7. The molecular weight excluding hydrogens is 240 g/mol. The molecule has 1 aliphatic rings. The third-order valence-corrected chi connectivity index (χ3v) is 2.75. The first-order valence-corrected chi connectivity index (χ1v) is 6.18. The molecule has 1 atom stereocenters. The van der Waals surface area contributed by atoms with Gasteiger partial charge in [0.25, 0.3) is 5.91 Å². The molecule has 0 radical (unpaired) electrons. The second kappa shape index (κ2) is 6.00. The van der Waals surface area contributed by atoms with Crippen LogP contribution in [0.3, 0.4) is 0 Å². The van der Waals surface area contributed by atoms with Crippen molar-refractivity contribution in [3.63, 3.8) is 0 Å². The van der Waals surface area contributed by atoms with Gasteiger partial charge in [0.2, 0.25) is 0 Å². The van der Waals surface area contributed by atoms with Crippen molar-refractivity contribution < 1.29 is 9.59 Å². The van der Waals surface area contributed by atoms with Crippen LogP contribution in [0.25, 0.3) is 6.08 Å². The number of amides is 1. The molecule has 0 saturated carbocycles. The standard InChI is InChI=1S/C15H16N2O2/c1-11-10-16-14(15(19)17-11)9-13(18)8-7-12-5-3-2-4-6-12/h2-9,11,16H,10H2,1H3,(H,17,19)/b8-7+,14-9-. The topological polar surface area (TPSA) is 58.2 Å². The average Bonchev–Trinajstić information content (AvgIpc) is 2.41. The van der Waals surface area contributed by atoms with Crippen LogP contribution in [0.5, 0.6) is 0 Å². The Hall–Kier alpha value is -2.36. The molecule has 1 aromatic carbocycles. The Labute approximate surface area is 112 Å². The predicted molar refractivity (Wildman–Crippen MR) is 74.2 cm³/mol. The van der Waals surface area contributed by atoms with Gasteiger partial charge in [-0.2, -0.15) is 0 Å². The lowest BCUT2D eigenvalue weighted by molar-refractivity contribution is -0.119.